The van der Waals surface area contributed by atoms with Crippen molar-refractivity contribution in [1.82, 2.24) is 4.90 Å². The highest BCUT2D eigenvalue weighted by Gasteiger charge is 2.23. The van der Waals surface area contributed by atoms with Gasteiger partial charge in [0.05, 0.1) is 0 Å². The Hall–Kier alpha value is -2.55. The molecule has 0 saturated carbocycles. The lowest BCUT2D eigenvalue weighted by Gasteiger charge is -2.30. The van der Waals surface area contributed by atoms with E-state index in [4.69, 9.17) is 4.74 Å². The summed E-state index contributed by atoms with van der Waals surface area (Å²) in [6.45, 7) is 11.0. The Morgan fingerprint density at radius 1 is 0.692 bits per heavy atom. The first kappa shape index (κ1) is 31.0. The second-order valence-corrected chi connectivity index (χ2v) is 11.5. The van der Waals surface area contributed by atoms with E-state index in [-0.39, 0.29) is 6.09 Å². The lowest BCUT2D eigenvalue weighted by atomic mass is 9.95. The standard InChI is InChI=1S/C36H53NO2/c1-5-9-11-13-19-29(7-3)26-37(27-30(8-4)20-14-12-10-6-2)36(38)39-28-35-33-23-17-15-21-31(33)25-32-22-16-18-24-34(32)35/h15-18,21-25,29-30H,5-14,19-20,26-28H2,1-4H3. The molecule has 39 heavy (non-hydrogen) atoms. The van der Waals surface area contributed by atoms with E-state index in [1.807, 2.05) is 0 Å². The molecule has 3 heteroatoms. The second kappa shape index (κ2) is 17.2. The second-order valence-electron chi connectivity index (χ2n) is 11.5. The molecule has 0 aromatic heterocycles. The molecular formula is C36H53NO2. The van der Waals surface area contributed by atoms with Crippen LogP contribution in [0, 0.1) is 11.8 Å². The molecule has 0 bridgehead atoms. The van der Waals surface area contributed by atoms with Crippen molar-refractivity contribution in [2.45, 2.75) is 111 Å². The molecule has 2 atom stereocenters. The molecule has 1 amide bonds. The van der Waals surface area contributed by atoms with Gasteiger partial charge in [-0.25, -0.2) is 4.79 Å². The van der Waals surface area contributed by atoms with Gasteiger partial charge < -0.3 is 9.64 Å². The minimum Gasteiger partial charge on any atom is -0.444 e. The number of unbranched alkanes of at least 4 members (excludes halogenated alkanes) is 6. The SMILES string of the molecule is CCCCCCC(CC)CN(CC(CC)CCCCCC)C(=O)OCc1c2ccccc2cc2ccccc12. The van der Waals surface area contributed by atoms with E-state index in [0.717, 1.165) is 31.5 Å². The molecule has 0 aliphatic carbocycles. The molecule has 214 valence electrons. The zero-order chi connectivity index (χ0) is 27.9. The number of rotatable bonds is 18. The fraction of sp³-hybridized carbons (Fsp3) is 0.583. The summed E-state index contributed by atoms with van der Waals surface area (Å²) in [5.41, 5.74) is 1.11. The predicted octanol–water partition coefficient (Wildman–Crippen LogP) is 10.9. The van der Waals surface area contributed by atoms with Crippen molar-refractivity contribution in [3.63, 3.8) is 0 Å². The van der Waals surface area contributed by atoms with Crippen molar-refractivity contribution in [2.75, 3.05) is 13.1 Å². The zero-order valence-corrected chi connectivity index (χ0v) is 25.2. The molecular weight excluding hydrogens is 478 g/mol. The Morgan fingerprint density at radius 2 is 1.18 bits per heavy atom. The quantitative estimate of drug-likeness (QED) is 0.121. The zero-order valence-electron chi connectivity index (χ0n) is 25.2. The van der Waals surface area contributed by atoms with Gasteiger partial charge in [0.25, 0.3) is 0 Å². The van der Waals surface area contributed by atoms with E-state index in [2.05, 4.69) is 87.2 Å². The number of fused-ring (bicyclic) bond motifs is 2. The van der Waals surface area contributed by atoms with Gasteiger partial charge in [-0.15, -0.1) is 0 Å². The van der Waals surface area contributed by atoms with Crippen molar-refractivity contribution >= 4 is 27.6 Å². The molecule has 3 rings (SSSR count). The van der Waals surface area contributed by atoms with Crippen molar-refractivity contribution in [3.05, 3.63) is 60.2 Å². The third kappa shape index (κ3) is 9.55. The van der Waals surface area contributed by atoms with E-state index >= 15 is 0 Å². The van der Waals surface area contributed by atoms with Crippen LogP contribution < -0.4 is 0 Å². The minimum atomic E-state index is -0.147. The fourth-order valence-electron chi connectivity index (χ4n) is 5.90. The van der Waals surface area contributed by atoms with Crippen molar-refractivity contribution in [2.24, 2.45) is 11.8 Å². The average molecular weight is 532 g/mol. The maximum atomic E-state index is 13.7. The Bertz CT molecular complexity index is 1050. The molecule has 3 aromatic carbocycles. The summed E-state index contributed by atoms with van der Waals surface area (Å²) >= 11 is 0. The smallest absolute Gasteiger partial charge is 0.410 e. The molecule has 3 nitrogen and oxygen atoms in total. The average Bonchev–Trinajstić information content (AvgIpc) is 2.97. The van der Waals surface area contributed by atoms with Crippen LogP contribution in [-0.4, -0.2) is 24.1 Å². The van der Waals surface area contributed by atoms with Gasteiger partial charge in [-0.05, 0) is 52.3 Å². The number of ether oxygens (including phenoxy) is 1. The highest BCUT2D eigenvalue weighted by molar-refractivity contribution is 6.02. The Balaban J connectivity index is 1.77. The normalized spacial score (nSPS) is 13.0. The van der Waals surface area contributed by atoms with Gasteiger partial charge in [-0.2, -0.15) is 0 Å². The van der Waals surface area contributed by atoms with Crippen molar-refractivity contribution < 1.29 is 9.53 Å². The largest absolute Gasteiger partial charge is 0.444 e. The van der Waals surface area contributed by atoms with Crippen molar-refractivity contribution in [3.8, 4) is 0 Å². The number of benzene rings is 3. The topological polar surface area (TPSA) is 29.5 Å². The van der Waals surface area contributed by atoms with Gasteiger partial charge in [-0.3, -0.25) is 0 Å². The van der Waals surface area contributed by atoms with Crippen molar-refractivity contribution in [1.29, 1.82) is 0 Å². The molecule has 2 unspecified atom stereocenters. The molecule has 0 aliphatic rings. The summed E-state index contributed by atoms with van der Waals surface area (Å²) in [7, 11) is 0. The van der Waals surface area contributed by atoms with Crippen LogP contribution in [0.15, 0.2) is 54.6 Å². The maximum absolute atomic E-state index is 13.7. The van der Waals surface area contributed by atoms with E-state index in [0.29, 0.717) is 18.4 Å². The molecule has 0 aliphatic heterocycles. The van der Waals surface area contributed by atoms with E-state index in [9.17, 15) is 4.79 Å². The summed E-state index contributed by atoms with van der Waals surface area (Å²) < 4.78 is 6.17. The van der Waals surface area contributed by atoms with Crippen LogP contribution in [0.2, 0.25) is 0 Å². The molecule has 0 spiro atoms. The number of carbonyl (C=O) groups excluding carboxylic acids is 1. The third-order valence-corrected chi connectivity index (χ3v) is 8.52. The van der Waals surface area contributed by atoms with Gasteiger partial charge in [0, 0.05) is 18.7 Å². The van der Waals surface area contributed by atoms with E-state index in [1.165, 1.54) is 85.8 Å². The molecule has 3 aromatic rings. The van der Waals surface area contributed by atoms with E-state index < -0.39 is 0 Å². The number of hydrogen-bond acceptors (Lipinski definition) is 2. The van der Waals surface area contributed by atoms with Crippen LogP contribution in [0.1, 0.15) is 110 Å². The Kier molecular flexibility index (Phi) is 13.7. The summed E-state index contributed by atoms with van der Waals surface area (Å²) in [4.78, 5) is 15.8. The highest BCUT2D eigenvalue weighted by atomic mass is 16.6. The summed E-state index contributed by atoms with van der Waals surface area (Å²) in [6.07, 6.45) is 14.7. The van der Waals surface area contributed by atoms with Gasteiger partial charge in [-0.1, -0.05) is 140 Å². The minimum absolute atomic E-state index is 0.147. The summed E-state index contributed by atoms with van der Waals surface area (Å²) in [6, 6.07) is 19.1. The maximum Gasteiger partial charge on any atom is 0.410 e. The third-order valence-electron chi connectivity index (χ3n) is 8.52. The fourth-order valence-corrected chi connectivity index (χ4v) is 5.90. The van der Waals surface area contributed by atoms with Gasteiger partial charge in [0.1, 0.15) is 6.61 Å². The predicted molar refractivity (Wildman–Crippen MR) is 168 cm³/mol. The highest BCUT2D eigenvalue weighted by Crippen LogP contribution is 2.29. The van der Waals surface area contributed by atoms with Gasteiger partial charge in [0.2, 0.25) is 0 Å². The van der Waals surface area contributed by atoms with Crippen LogP contribution in [0.3, 0.4) is 0 Å². The van der Waals surface area contributed by atoms with Crippen LogP contribution in [0.5, 0.6) is 0 Å². The number of carbonyl (C=O) groups is 1. The Labute approximate surface area is 238 Å². The first-order chi connectivity index (χ1) is 19.1. The Morgan fingerprint density at radius 3 is 1.64 bits per heavy atom. The molecule has 0 heterocycles. The first-order valence-corrected chi connectivity index (χ1v) is 15.9. The number of amides is 1. The van der Waals surface area contributed by atoms with Crippen LogP contribution in [-0.2, 0) is 11.3 Å². The van der Waals surface area contributed by atoms with Crippen LogP contribution >= 0.6 is 0 Å². The molecule has 0 radical (unpaired) electrons. The lowest BCUT2D eigenvalue weighted by Crippen LogP contribution is -2.39. The van der Waals surface area contributed by atoms with Gasteiger partial charge in [0.15, 0.2) is 0 Å². The number of nitrogens with zero attached hydrogens (tertiary/aromatic N) is 1. The van der Waals surface area contributed by atoms with E-state index in [1.54, 1.807) is 0 Å². The summed E-state index contributed by atoms with van der Waals surface area (Å²) in [5, 5.41) is 4.71. The van der Waals surface area contributed by atoms with Crippen LogP contribution in [0.4, 0.5) is 4.79 Å². The van der Waals surface area contributed by atoms with Crippen LogP contribution in [0.25, 0.3) is 21.5 Å². The van der Waals surface area contributed by atoms with Gasteiger partial charge >= 0.3 is 6.09 Å². The monoisotopic (exact) mass is 531 g/mol. The summed E-state index contributed by atoms with van der Waals surface area (Å²) in [5.74, 6) is 1.07. The lowest BCUT2D eigenvalue weighted by molar-refractivity contribution is 0.0818. The molecule has 0 N–H and O–H groups in total. The number of hydrogen-bond donors (Lipinski definition) is 0. The molecule has 0 fully saturated rings. The first-order valence-electron chi connectivity index (χ1n) is 15.9. The molecule has 0 saturated heterocycles.